The molecule has 0 radical (unpaired) electrons. The molecule has 2 unspecified atom stereocenters. The Morgan fingerprint density at radius 3 is 2.09 bits per heavy atom. The van der Waals surface area contributed by atoms with Crippen LogP contribution in [0.25, 0.3) is 0 Å². The number of aliphatic hydroxyl groups is 2. The lowest BCUT2D eigenvalue weighted by atomic mass is 10.1. The Bertz CT molecular complexity index is 501. The molecule has 6 nitrogen and oxygen atoms in total. The fourth-order valence-corrected chi connectivity index (χ4v) is 3.91. The van der Waals surface area contributed by atoms with Crippen molar-refractivity contribution in [1.29, 1.82) is 0 Å². The van der Waals surface area contributed by atoms with Gasteiger partial charge in [-0.2, -0.15) is 11.8 Å². The van der Waals surface area contributed by atoms with E-state index < -0.39 is 24.7 Å². The van der Waals surface area contributed by atoms with Crippen molar-refractivity contribution in [2.24, 2.45) is 0 Å². The van der Waals surface area contributed by atoms with Crippen LogP contribution in [0.15, 0.2) is 12.2 Å². The van der Waals surface area contributed by atoms with Crippen molar-refractivity contribution in [3.05, 3.63) is 12.2 Å². The van der Waals surface area contributed by atoms with Crippen molar-refractivity contribution < 1.29 is 24.5 Å². The second-order valence-corrected chi connectivity index (χ2v) is 9.69. The summed E-state index contributed by atoms with van der Waals surface area (Å²) in [6.45, 7) is 1.51. The molecule has 0 saturated heterocycles. The van der Waals surface area contributed by atoms with Gasteiger partial charge >= 0.3 is 5.97 Å². The summed E-state index contributed by atoms with van der Waals surface area (Å²) in [5.74, 6) is 0.0172. The van der Waals surface area contributed by atoms with Crippen LogP contribution in [0.2, 0.25) is 0 Å². The second-order valence-electron chi connectivity index (χ2n) is 8.70. The summed E-state index contributed by atoms with van der Waals surface area (Å²) < 4.78 is 5.01. The van der Waals surface area contributed by atoms with Crippen LogP contribution < -0.4 is 5.32 Å². The van der Waals surface area contributed by atoms with Gasteiger partial charge in [0.15, 0.2) is 0 Å². The average molecular weight is 488 g/mol. The van der Waals surface area contributed by atoms with Gasteiger partial charge in [-0.1, -0.05) is 70.4 Å². The molecule has 0 aliphatic rings. The van der Waals surface area contributed by atoms with E-state index in [4.69, 9.17) is 9.84 Å². The zero-order valence-electron chi connectivity index (χ0n) is 21.1. The minimum atomic E-state index is -1.10. The van der Waals surface area contributed by atoms with Crippen LogP contribution in [0.4, 0.5) is 0 Å². The van der Waals surface area contributed by atoms with E-state index in [1.165, 1.54) is 57.8 Å². The monoisotopic (exact) mass is 487 g/mol. The zero-order chi connectivity index (χ0) is 24.6. The molecule has 0 aliphatic heterocycles. The van der Waals surface area contributed by atoms with Gasteiger partial charge in [0.2, 0.25) is 5.91 Å². The molecule has 194 valence electrons. The van der Waals surface area contributed by atoms with E-state index in [1.807, 2.05) is 6.26 Å². The highest BCUT2D eigenvalue weighted by molar-refractivity contribution is 7.98. The number of hydrogen-bond donors (Lipinski definition) is 3. The van der Waals surface area contributed by atoms with Crippen molar-refractivity contribution in [3.63, 3.8) is 0 Å². The molecule has 7 heteroatoms. The van der Waals surface area contributed by atoms with Crippen LogP contribution in [0.5, 0.6) is 0 Å². The first kappa shape index (κ1) is 31.9. The van der Waals surface area contributed by atoms with Gasteiger partial charge in [-0.05, 0) is 50.5 Å². The van der Waals surface area contributed by atoms with E-state index >= 15 is 0 Å². The summed E-state index contributed by atoms with van der Waals surface area (Å²) in [5, 5.41) is 20.9. The molecule has 0 aromatic heterocycles. The van der Waals surface area contributed by atoms with Crippen LogP contribution in [0, 0.1) is 0 Å². The van der Waals surface area contributed by atoms with E-state index in [0.717, 1.165) is 31.4 Å². The first-order chi connectivity index (χ1) is 16.0. The SMILES string of the molecule is CCCCCCCCC=CCCCCCCCC(=O)NC(CCSC)C(=O)OCC(O)CO. The minimum absolute atomic E-state index is 0.140. The topological polar surface area (TPSA) is 95.9 Å². The maximum atomic E-state index is 12.2. The standard InChI is InChI=1S/C26H49NO5S/c1-3-4-5-6-7-8-9-10-11-12-13-14-15-16-17-18-25(30)27-24(19-20-33-2)26(31)32-22-23(29)21-28/h10-11,23-24,28-29H,3-9,12-22H2,1-2H3,(H,27,30). The number of nitrogens with one attached hydrogen (secondary N) is 1. The van der Waals surface area contributed by atoms with Crippen LogP contribution in [0.1, 0.15) is 103 Å². The molecule has 0 spiro atoms. The molecule has 0 aromatic rings. The predicted octanol–water partition coefficient (Wildman–Crippen LogP) is 5.16. The number of esters is 1. The summed E-state index contributed by atoms with van der Waals surface area (Å²) in [5.41, 5.74) is 0. The summed E-state index contributed by atoms with van der Waals surface area (Å²) in [4.78, 5) is 24.4. The maximum absolute atomic E-state index is 12.2. The summed E-state index contributed by atoms with van der Waals surface area (Å²) in [6, 6.07) is -0.709. The predicted molar refractivity (Wildman–Crippen MR) is 138 cm³/mol. The lowest BCUT2D eigenvalue weighted by molar-refractivity contribution is -0.151. The van der Waals surface area contributed by atoms with Gasteiger partial charge in [0.05, 0.1) is 6.61 Å². The molecule has 3 N–H and O–H groups in total. The molecule has 0 aliphatic carbocycles. The highest BCUT2D eigenvalue weighted by atomic mass is 32.2. The number of carbonyl (C=O) groups is 2. The third-order valence-electron chi connectivity index (χ3n) is 5.52. The van der Waals surface area contributed by atoms with Crippen molar-refractivity contribution in [2.45, 2.75) is 115 Å². The highest BCUT2D eigenvalue weighted by Gasteiger charge is 2.22. The van der Waals surface area contributed by atoms with Gasteiger partial charge < -0.3 is 20.3 Å². The van der Waals surface area contributed by atoms with E-state index in [9.17, 15) is 14.7 Å². The Morgan fingerprint density at radius 1 is 0.939 bits per heavy atom. The van der Waals surface area contributed by atoms with Crippen molar-refractivity contribution >= 4 is 23.6 Å². The van der Waals surface area contributed by atoms with Crippen LogP contribution in [-0.2, 0) is 14.3 Å². The van der Waals surface area contributed by atoms with Crippen LogP contribution in [0.3, 0.4) is 0 Å². The molecule has 0 saturated carbocycles. The smallest absolute Gasteiger partial charge is 0.328 e. The molecule has 0 heterocycles. The van der Waals surface area contributed by atoms with Crippen molar-refractivity contribution in [1.82, 2.24) is 5.32 Å². The highest BCUT2D eigenvalue weighted by Crippen LogP contribution is 2.10. The molecular weight excluding hydrogens is 438 g/mol. The first-order valence-corrected chi connectivity index (χ1v) is 14.3. The number of allylic oxidation sites excluding steroid dienone is 2. The Hall–Kier alpha value is -1.05. The van der Waals surface area contributed by atoms with Crippen molar-refractivity contribution in [3.8, 4) is 0 Å². The first-order valence-electron chi connectivity index (χ1n) is 12.9. The third-order valence-corrected chi connectivity index (χ3v) is 6.17. The average Bonchev–Trinajstić information content (AvgIpc) is 2.82. The van der Waals surface area contributed by atoms with Gasteiger partial charge in [-0.25, -0.2) is 4.79 Å². The van der Waals surface area contributed by atoms with E-state index in [0.29, 0.717) is 12.8 Å². The van der Waals surface area contributed by atoms with Crippen LogP contribution in [-0.4, -0.2) is 59.5 Å². The quantitative estimate of drug-likeness (QED) is 0.105. The Balaban J connectivity index is 3.80. The number of hydrogen-bond acceptors (Lipinski definition) is 6. The van der Waals surface area contributed by atoms with Crippen LogP contribution >= 0.6 is 11.8 Å². The van der Waals surface area contributed by atoms with Gasteiger partial charge in [0.1, 0.15) is 18.8 Å². The number of unbranched alkanes of at least 4 members (excludes halogenated alkanes) is 11. The molecule has 1 amide bonds. The summed E-state index contributed by atoms with van der Waals surface area (Å²) >= 11 is 1.59. The fourth-order valence-electron chi connectivity index (χ4n) is 3.44. The molecule has 0 bridgehead atoms. The molecule has 0 fully saturated rings. The molecular formula is C26H49NO5S. The third kappa shape index (κ3) is 21.2. The van der Waals surface area contributed by atoms with Gasteiger partial charge in [0.25, 0.3) is 0 Å². The van der Waals surface area contributed by atoms with Crippen molar-refractivity contribution in [2.75, 3.05) is 25.2 Å². The summed E-state index contributed by atoms with van der Waals surface area (Å²) in [6.07, 6.45) is 22.1. The molecule has 33 heavy (non-hydrogen) atoms. The number of amides is 1. The number of carbonyl (C=O) groups excluding carboxylic acids is 2. The number of ether oxygens (including phenoxy) is 1. The normalized spacial score (nSPS) is 13.2. The number of aliphatic hydroxyl groups excluding tert-OH is 2. The molecule has 2 atom stereocenters. The van der Waals surface area contributed by atoms with E-state index in [1.54, 1.807) is 11.8 Å². The Kier molecular flexibility index (Phi) is 23.3. The number of rotatable bonds is 23. The Morgan fingerprint density at radius 2 is 1.52 bits per heavy atom. The number of thioether (sulfide) groups is 1. The summed E-state index contributed by atoms with van der Waals surface area (Å²) in [7, 11) is 0. The van der Waals surface area contributed by atoms with Gasteiger partial charge in [0, 0.05) is 6.42 Å². The lowest BCUT2D eigenvalue weighted by Gasteiger charge is -2.18. The Labute approximate surface area is 206 Å². The molecule has 0 rings (SSSR count). The largest absolute Gasteiger partial charge is 0.461 e. The minimum Gasteiger partial charge on any atom is -0.461 e. The maximum Gasteiger partial charge on any atom is 0.328 e. The fraction of sp³-hybridized carbons (Fsp3) is 0.846. The second kappa shape index (κ2) is 24.1. The molecule has 0 aromatic carbocycles. The lowest BCUT2D eigenvalue weighted by Crippen LogP contribution is -2.43. The van der Waals surface area contributed by atoms with E-state index in [2.05, 4.69) is 24.4 Å². The zero-order valence-corrected chi connectivity index (χ0v) is 21.9. The van der Waals surface area contributed by atoms with E-state index in [-0.39, 0.29) is 12.5 Å². The van der Waals surface area contributed by atoms with Gasteiger partial charge in [-0.3, -0.25) is 4.79 Å². The van der Waals surface area contributed by atoms with Gasteiger partial charge in [-0.15, -0.1) is 0 Å².